The molecule has 2 atom stereocenters. The van der Waals surface area contributed by atoms with Gasteiger partial charge in [-0.25, -0.2) is 14.4 Å². The minimum absolute atomic E-state index is 0.0646. The third kappa shape index (κ3) is 7.92. The topological polar surface area (TPSA) is 133 Å². The molecule has 1 unspecified atom stereocenters. The summed E-state index contributed by atoms with van der Waals surface area (Å²) >= 11 is 0. The predicted octanol–water partition coefficient (Wildman–Crippen LogP) is 2.98. The van der Waals surface area contributed by atoms with E-state index in [1.54, 1.807) is 19.9 Å². The molecule has 0 bridgehead atoms. The molecule has 3 N–H and O–H groups in total. The number of esters is 1. The number of carbonyl (C=O) groups excluding carboxylic acids is 2. The smallest absolute Gasteiger partial charge is 0.336 e. The monoisotopic (exact) mass is 488 g/mol. The van der Waals surface area contributed by atoms with Crippen LogP contribution in [0.3, 0.4) is 0 Å². The van der Waals surface area contributed by atoms with Crippen molar-refractivity contribution < 1.29 is 34.1 Å². The van der Waals surface area contributed by atoms with E-state index in [0.29, 0.717) is 5.75 Å². The molecule has 0 aliphatic carbocycles. The van der Waals surface area contributed by atoms with Crippen LogP contribution >= 0.6 is 0 Å². The maximum Gasteiger partial charge on any atom is 0.336 e. The zero-order valence-electron chi connectivity index (χ0n) is 20.9. The highest BCUT2D eigenvalue weighted by Gasteiger charge is 2.33. The van der Waals surface area contributed by atoms with Gasteiger partial charge in [-0.15, -0.1) is 0 Å². The second-order valence-corrected chi connectivity index (χ2v) is 9.56. The Bertz CT molecular complexity index is 972. The van der Waals surface area contributed by atoms with Gasteiger partial charge in [0.05, 0.1) is 12.0 Å². The largest absolute Gasteiger partial charge is 0.480 e. The standard InChI is InChI=1S/C26H36N2O7/c1-5-26(11-6-7-12-28(4)16-26)19-9-8-10-20(15-19)35-22(30)14-18(24(31)32)13-21(29)27-23(17(2)3)25(33)34/h8-10,14-15,17,23H,5-7,11-13,16H2,1-4H3,(H,27,29)(H,31,32)(H,33,34)/b18-14-/t23-,26?/m0/s1. The van der Waals surface area contributed by atoms with Gasteiger partial charge in [0.25, 0.3) is 0 Å². The molecule has 1 fully saturated rings. The number of likely N-dealkylation sites (N-methyl/N-ethyl adjacent to an activating group) is 1. The summed E-state index contributed by atoms with van der Waals surface area (Å²) in [4.78, 5) is 49.9. The summed E-state index contributed by atoms with van der Waals surface area (Å²) in [6, 6.07) is 6.12. The Balaban J connectivity index is 2.17. The molecule has 1 aliphatic rings. The zero-order chi connectivity index (χ0) is 26.2. The molecular formula is C26H36N2O7. The Morgan fingerprint density at radius 3 is 2.51 bits per heavy atom. The van der Waals surface area contributed by atoms with Crippen LogP contribution in [0.2, 0.25) is 0 Å². The highest BCUT2D eigenvalue weighted by Crippen LogP contribution is 2.37. The van der Waals surface area contributed by atoms with Crippen molar-refractivity contribution in [2.24, 2.45) is 5.92 Å². The van der Waals surface area contributed by atoms with Crippen LogP contribution in [-0.4, -0.2) is 65.1 Å². The minimum Gasteiger partial charge on any atom is -0.480 e. The van der Waals surface area contributed by atoms with E-state index < -0.39 is 47.8 Å². The average Bonchev–Trinajstić information content (AvgIpc) is 2.98. The lowest BCUT2D eigenvalue weighted by molar-refractivity contribution is -0.143. The van der Waals surface area contributed by atoms with Crippen molar-refractivity contribution in [2.45, 2.75) is 64.3 Å². The Kier molecular flexibility index (Phi) is 10.0. The number of benzene rings is 1. The van der Waals surface area contributed by atoms with Gasteiger partial charge in [0, 0.05) is 18.0 Å². The molecule has 1 saturated heterocycles. The summed E-state index contributed by atoms with van der Waals surface area (Å²) < 4.78 is 5.40. The van der Waals surface area contributed by atoms with Gasteiger partial charge in [0.15, 0.2) is 0 Å². The van der Waals surface area contributed by atoms with E-state index in [1.165, 1.54) is 0 Å². The number of nitrogens with zero attached hydrogens (tertiary/aromatic N) is 1. The van der Waals surface area contributed by atoms with Gasteiger partial charge in [0.1, 0.15) is 11.8 Å². The van der Waals surface area contributed by atoms with Gasteiger partial charge < -0.3 is 25.2 Å². The molecule has 0 radical (unpaired) electrons. The molecule has 1 aliphatic heterocycles. The summed E-state index contributed by atoms with van der Waals surface area (Å²) in [5, 5.41) is 20.9. The summed E-state index contributed by atoms with van der Waals surface area (Å²) in [5.41, 5.74) is 0.506. The van der Waals surface area contributed by atoms with Crippen molar-refractivity contribution in [3.05, 3.63) is 41.5 Å². The highest BCUT2D eigenvalue weighted by atomic mass is 16.5. The van der Waals surface area contributed by atoms with Crippen LogP contribution < -0.4 is 10.1 Å². The van der Waals surface area contributed by atoms with Gasteiger partial charge in [-0.2, -0.15) is 0 Å². The second-order valence-electron chi connectivity index (χ2n) is 9.56. The second kappa shape index (κ2) is 12.5. The van der Waals surface area contributed by atoms with Crippen LogP contribution in [0.25, 0.3) is 0 Å². The first kappa shape index (κ1) is 28.0. The van der Waals surface area contributed by atoms with Crippen molar-refractivity contribution in [3.63, 3.8) is 0 Å². The quantitative estimate of drug-likeness (QED) is 0.260. The van der Waals surface area contributed by atoms with Crippen molar-refractivity contribution in [1.82, 2.24) is 10.2 Å². The SMILES string of the molecule is CCC1(c2cccc(OC(=O)/C=C(/CC(=O)N[C@H](C(=O)O)C(C)C)C(=O)O)c2)CCCCN(C)C1. The van der Waals surface area contributed by atoms with Crippen molar-refractivity contribution in [3.8, 4) is 5.75 Å². The van der Waals surface area contributed by atoms with Gasteiger partial charge in [-0.3, -0.25) is 4.79 Å². The number of carbonyl (C=O) groups is 4. The summed E-state index contributed by atoms with van der Waals surface area (Å²) in [6.45, 7) is 7.32. The number of carboxylic acid groups (broad SMARTS) is 2. The highest BCUT2D eigenvalue weighted by molar-refractivity contribution is 6.00. The molecule has 1 aromatic carbocycles. The fraction of sp³-hybridized carbons (Fsp3) is 0.538. The van der Waals surface area contributed by atoms with E-state index in [-0.39, 0.29) is 5.41 Å². The number of hydrogen-bond acceptors (Lipinski definition) is 6. The molecule has 1 aromatic rings. The van der Waals surface area contributed by atoms with E-state index in [2.05, 4.69) is 24.2 Å². The average molecular weight is 489 g/mol. The van der Waals surface area contributed by atoms with Gasteiger partial charge in [-0.1, -0.05) is 39.3 Å². The number of likely N-dealkylation sites (tertiary alicyclic amines) is 1. The maximum atomic E-state index is 12.5. The molecule has 0 spiro atoms. The first-order valence-corrected chi connectivity index (χ1v) is 11.9. The number of rotatable bonds is 10. The summed E-state index contributed by atoms with van der Waals surface area (Å²) in [7, 11) is 2.10. The van der Waals surface area contributed by atoms with E-state index in [1.807, 2.05) is 18.2 Å². The molecule has 0 saturated carbocycles. The third-order valence-electron chi connectivity index (χ3n) is 6.53. The van der Waals surface area contributed by atoms with E-state index in [4.69, 9.17) is 4.74 Å². The van der Waals surface area contributed by atoms with Gasteiger partial charge in [-0.05, 0) is 56.5 Å². The van der Waals surface area contributed by atoms with Gasteiger partial charge >= 0.3 is 17.9 Å². The van der Waals surface area contributed by atoms with Crippen LogP contribution in [-0.2, 0) is 24.6 Å². The number of amides is 1. The first-order valence-electron chi connectivity index (χ1n) is 11.9. The summed E-state index contributed by atoms with van der Waals surface area (Å²) in [5.74, 6) is -4.52. The number of carboxylic acids is 2. The van der Waals surface area contributed by atoms with Crippen molar-refractivity contribution >= 4 is 23.8 Å². The normalized spacial score (nSPS) is 20.1. The molecule has 192 valence electrons. The number of aliphatic carboxylic acids is 2. The molecule has 1 heterocycles. The van der Waals surface area contributed by atoms with Gasteiger partial charge in [0.2, 0.25) is 5.91 Å². The Hall–Kier alpha value is -3.20. The predicted molar refractivity (Wildman–Crippen MR) is 130 cm³/mol. The zero-order valence-corrected chi connectivity index (χ0v) is 20.9. The van der Waals surface area contributed by atoms with Crippen LogP contribution in [0, 0.1) is 5.92 Å². The molecule has 9 nitrogen and oxygen atoms in total. The number of nitrogens with one attached hydrogen (secondary N) is 1. The first-order chi connectivity index (χ1) is 16.5. The van der Waals surface area contributed by atoms with Crippen molar-refractivity contribution in [2.75, 3.05) is 20.1 Å². The van der Waals surface area contributed by atoms with Crippen LogP contribution in [0.5, 0.6) is 5.75 Å². The number of ether oxygens (including phenoxy) is 1. The lowest BCUT2D eigenvalue weighted by Gasteiger charge is -2.35. The van der Waals surface area contributed by atoms with Crippen LogP contribution in [0.15, 0.2) is 35.9 Å². The Morgan fingerprint density at radius 2 is 1.91 bits per heavy atom. The van der Waals surface area contributed by atoms with Crippen LogP contribution in [0.1, 0.15) is 58.4 Å². The molecule has 0 aromatic heterocycles. The summed E-state index contributed by atoms with van der Waals surface area (Å²) in [6.07, 6.45) is 4.29. The molecule has 1 amide bonds. The molecular weight excluding hydrogens is 452 g/mol. The van der Waals surface area contributed by atoms with Crippen LogP contribution in [0.4, 0.5) is 0 Å². The minimum atomic E-state index is -1.46. The van der Waals surface area contributed by atoms with E-state index in [0.717, 1.165) is 50.4 Å². The lowest BCUT2D eigenvalue weighted by Crippen LogP contribution is -2.44. The fourth-order valence-corrected chi connectivity index (χ4v) is 4.52. The van der Waals surface area contributed by atoms with E-state index >= 15 is 0 Å². The van der Waals surface area contributed by atoms with Crippen molar-refractivity contribution in [1.29, 1.82) is 0 Å². The molecule has 35 heavy (non-hydrogen) atoms. The Labute approximate surface area is 206 Å². The number of hydrogen-bond donors (Lipinski definition) is 3. The maximum absolute atomic E-state index is 12.5. The van der Waals surface area contributed by atoms with E-state index in [9.17, 15) is 29.4 Å². The molecule has 9 heteroatoms. The lowest BCUT2D eigenvalue weighted by atomic mass is 9.74. The molecule has 2 rings (SSSR count). The fourth-order valence-electron chi connectivity index (χ4n) is 4.52. The Morgan fingerprint density at radius 1 is 1.20 bits per heavy atom. The third-order valence-corrected chi connectivity index (χ3v) is 6.53.